The largest absolute Gasteiger partial charge is 0.0887 e. The molecular weight excluding hydrogens is 312 g/mol. The molecule has 3 heteroatoms. The molecule has 4 saturated carbocycles. The third-order valence-corrected chi connectivity index (χ3v) is 40.1. The van der Waals surface area contributed by atoms with Gasteiger partial charge in [0.2, 0.25) is 0 Å². The van der Waals surface area contributed by atoms with Crippen molar-refractivity contribution in [3.05, 3.63) is 0 Å². The van der Waals surface area contributed by atoms with Gasteiger partial charge in [-0.05, 0) is 68.3 Å². The van der Waals surface area contributed by atoms with Gasteiger partial charge in [-0.2, -0.15) is 0 Å². The van der Waals surface area contributed by atoms with E-state index in [4.69, 9.17) is 0 Å². The Morgan fingerprint density at radius 1 is 0.773 bits per heavy atom. The van der Waals surface area contributed by atoms with E-state index >= 15 is 0 Å². The first-order valence-corrected chi connectivity index (χ1v) is 19.7. The van der Waals surface area contributed by atoms with E-state index in [1.807, 2.05) is 0 Å². The molecule has 0 nitrogen and oxygen atoms in total. The molecule has 126 valence electrons. The normalized spacial score (nSPS) is 35.2. The smallest absolute Gasteiger partial charge is 0.0604 e. The molecule has 0 aromatic heterocycles. The molecule has 22 heavy (non-hydrogen) atoms. The molecule has 0 aromatic carbocycles. The third kappa shape index (κ3) is 2.73. The third-order valence-electron chi connectivity index (χ3n) is 7.56. The summed E-state index contributed by atoms with van der Waals surface area (Å²) < 4.78 is 0. The Kier molecular flexibility index (Phi) is 4.14. The standard InChI is InChI=1S/C19H38Si3/c1-19(2,3)22(7,8)20(21(4,5)6)18-16-10-14-9-15(12-16)13-17(18)11-14/h14-17H,9-13H2,1-8H3. The molecular formula is C19H38Si3. The summed E-state index contributed by atoms with van der Waals surface area (Å²) in [5.74, 6) is 4.39. The van der Waals surface area contributed by atoms with Gasteiger partial charge in [-0.25, -0.2) is 0 Å². The Morgan fingerprint density at radius 2 is 1.18 bits per heavy atom. The fourth-order valence-electron chi connectivity index (χ4n) is 6.21. The van der Waals surface area contributed by atoms with Crippen molar-refractivity contribution in [2.75, 3.05) is 0 Å². The van der Waals surface area contributed by atoms with E-state index in [0.29, 0.717) is 5.04 Å². The molecule has 4 aliphatic rings. The maximum absolute atomic E-state index is 2.78. The molecule has 0 spiro atoms. The van der Waals surface area contributed by atoms with Crippen LogP contribution in [0.2, 0.25) is 37.8 Å². The van der Waals surface area contributed by atoms with Gasteiger partial charge in [0.15, 0.2) is 0 Å². The van der Waals surface area contributed by atoms with Gasteiger partial charge in [-0.1, -0.05) is 58.7 Å². The molecule has 0 N–H and O–H groups in total. The number of hydrogen-bond donors (Lipinski definition) is 0. The first-order chi connectivity index (χ1) is 9.91. The molecule has 0 unspecified atom stereocenters. The molecule has 0 saturated heterocycles. The van der Waals surface area contributed by atoms with Crippen LogP contribution >= 0.6 is 0 Å². The van der Waals surface area contributed by atoms with Crippen molar-refractivity contribution >= 4 is 27.8 Å². The Balaban J connectivity index is 2.14. The van der Waals surface area contributed by atoms with Gasteiger partial charge in [-0.15, -0.1) is 0 Å². The van der Waals surface area contributed by atoms with Crippen LogP contribution in [0.1, 0.15) is 52.9 Å². The molecule has 0 amide bonds. The second-order valence-electron chi connectivity index (χ2n) is 11.3. The summed E-state index contributed by atoms with van der Waals surface area (Å²) in [5, 5.41) is 2.81. The first-order valence-electron chi connectivity index (χ1n) is 9.66. The zero-order valence-electron chi connectivity index (χ0n) is 16.3. The highest BCUT2D eigenvalue weighted by Gasteiger charge is 2.51. The van der Waals surface area contributed by atoms with E-state index in [1.165, 1.54) is 0 Å². The minimum Gasteiger partial charge on any atom is -0.0887 e. The average Bonchev–Trinajstić information content (AvgIpc) is 2.29. The Labute approximate surface area is 142 Å². The molecule has 0 aromatic rings. The highest BCUT2D eigenvalue weighted by molar-refractivity contribution is 7.61. The van der Waals surface area contributed by atoms with Crippen LogP contribution in [-0.2, 0) is 0 Å². The lowest BCUT2D eigenvalue weighted by atomic mass is 9.56. The summed E-state index contributed by atoms with van der Waals surface area (Å²) in [7, 11) is -2.53. The van der Waals surface area contributed by atoms with Gasteiger partial charge in [-0.3, -0.25) is 0 Å². The van der Waals surface area contributed by atoms with Crippen LogP contribution < -0.4 is 0 Å². The molecule has 4 bridgehead atoms. The molecule has 4 aliphatic carbocycles. The zero-order valence-corrected chi connectivity index (χ0v) is 19.3. The van der Waals surface area contributed by atoms with Gasteiger partial charge in [0.1, 0.15) is 0 Å². The van der Waals surface area contributed by atoms with Crippen LogP contribution in [0.5, 0.6) is 0 Å². The predicted molar refractivity (Wildman–Crippen MR) is 108 cm³/mol. The Bertz CT molecular complexity index is 458. The summed E-state index contributed by atoms with van der Waals surface area (Å²) in [6.07, 6.45) is 7.96. The quantitative estimate of drug-likeness (QED) is 0.561. The highest BCUT2D eigenvalue weighted by atomic mass is 29.6. The monoisotopic (exact) mass is 350 g/mol. The fraction of sp³-hybridized carbons (Fsp3) is 0.947. The van der Waals surface area contributed by atoms with Crippen molar-refractivity contribution in [1.82, 2.24) is 0 Å². The zero-order chi connectivity index (χ0) is 16.5. The van der Waals surface area contributed by atoms with Crippen molar-refractivity contribution in [2.24, 2.45) is 23.7 Å². The predicted octanol–water partition coefficient (Wildman–Crippen LogP) is 5.69. The van der Waals surface area contributed by atoms with Crippen LogP contribution in [0.15, 0.2) is 0 Å². The van der Waals surface area contributed by atoms with Gasteiger partial charge >= 0.3 is 0 Å². The fourth-order valence-corrected chi connectivity index (χ4v) is 47.0. The van der Waals surface area contributed by atoms with Gasteiger partial charge in [0.25, 0.3) is 0 Å². The summed E-state index contributed by atoms with van der Waals surface area (Å²) in [5.41, 5.74) is 0. The maximum Gasteiger partial charge on any atom is 0.0604 e. The highest BCUT2D eigenvalue weighted by Crippen LogP contribution is 2.53. The van der Waals surface area contributed by atoms with E-state index in [9.17, 15) is 0 Å². The van der Waals surface area contributed by atoms with Gasteiger partial charge in [0, 0.05) is 0 Å². The van der Waals surface area contributed by atoms with Crippen molar-refractivity contribution in [3.63, 3.8) is 0 Å². The van der Waals surface area contributed by atoms with E-state index in [2.05, 4.69) is 58.7 Å². The second kappa shape index (κ2) is 5.26. The summed E-state index contributed by atoms with van der Waals surface area (Å²) >= 11 is 0. The lowest BCUT2D eigenvalue weighted by Crippen LogP contribution is -2.65. The van der Waals surface area contributed by atoms with Crippen molar-refractivity contribution in [3.8, 4) is 0 Å². The molecule has 0 radical (unpaired) electrons. The van der Waals surface area contributed by atoms with Crippen LogP contribution in [-0.4, -0.2) is 27.8 Å². The SMILES string of the molecule is CC(C)(C)[Si](C)(C)[Si](=C1C2CC3CC(C2)CC1C3)[Si](C)(C)C. The van der Waals surface area contributed by atoms with Gasteiger partial charge < -0.3 is 0 Å². The minimum absolute atomic E-state index is 0.260. The van der Waals surface area contributed by atoms with E-state index < -0.39 is 15.2 Å². The van der Waals surface area contributed by atoms with Crippen molar-refractivity contribution in [2.45, 2.75) is 90.6 Å². The minimum atomic E-state index is -1.20. The lowest BCUT2D eigenvalue weighted by Gasteiger charge is -2.56. The summed E-state index contributed by atoms with van der Waals surface area (Å²) in [6.45, 7) is 21.4. The van der Waals surface area contributed by atoms with E-state index in [-0.39, 0.29) is 7.44 Å². The molecule has 0 atom stereocenters. The number of rotatable bonds is 2. The van der Waals surface area contributed by atoms with Crippen molar-refractivity contribution in [1.29, 1.82) is 0 Å². The van der Waals surface area contributed by atoms with Crippen LogP contribution in [0, 0.1) is 23.7 Å². The molecule has 0 aliphatic heterocycles. The van der Waals surface area contributed by atoms with E-state index in [1.54, 1.807) is 32.1 Å². The van der Waals surface area contributed by atoms with Gasteiger partial charge in [0.05, 0.1) is 15.2 Å². The van der Waals surface area contributed by atoms with Crippen LogP contribution in [0.4, 0.5) is 0 Å². The Morgan fingerprint density at radius 3 is 1.50 bits per heavy atom. The molecule has 0 heterocycles. The average molecular weight is 351 g/mol. The maximum atomic E-state index is 2.78. The second-order valence-corrected chi connectivity index (χ2v) is 34.6. The van der Waals surface area contributed by atoms with E-state index in [0.717, 1.165) is 23.7 Å². The summed E-state index contributed by atoms with van der Waals surface area (Å²) in [6, 6.07) is 0. The lowest BCUT2D eigenvalue weighted by molar-refractivity contribution is 0.111. The topological polar surface area (TPSA) is 0 Å². The molecule has 4 fully saturated rings. The molecule has 4 rings (SSSR count). The van der Waals surface area contributed by atoms with Crippen LogP contribution in [0.25, 0.3) is 0 Å². The van der Waals surface area contributed by atoms with Crippen LogP contribution in [0.3, 0.4) is 0 Å². The number of hydrogen-bond acceptors (Lipinski definition) is 0. The summed E-state index contributed by atoms with van der Waals surface area (Å²) in [4.78, 5) is 0. The van der Waals surface area contributed by atoms with Crippen molar-refractivity contribution < 1.29 is 0 Å². The Hall–Kier alpha value is 0.521. The first kappa shape index (κ1) is 17.3.